The zero-order chi connectivity index (χ0) is 33.8. The summed E-state index contributed by atoms with van der Waals surface area (Å²) in [6.45, 7) is 0. The van der Waals surface area contributed by atoms with E-state index in [1.54, 1.807) is 0 Å². The number of hydrogen-bond acceptors (Lipinski definition) is 3. The quantitative estimate of drug-likeness (QED) is 0.193. The third kappa shape index (κ3) is 4.24. The van der Waals surface area contributed by atoms with Gasteiger partial charge in [0.25, 0.3) is 0 Å². The highest BCUT2D eigenvalue weighted by Gasteiger charge is 2.23. The molecule has 0 saturated heterocycles. The molecule has 0 aliphatic heterocycles. The molecule has 0 saturated carbocycles. The molecule has 9 rings (SSSR count). The van der Waals surface area contributed by atoms with Crippen LogP contribution in [0.15, 0.2) is 152 Å². The smallest absolute Gasteiger partial charge is 0.101 e. The van der Waals surface area contributed by atoms with Gasteiger partial charge in [-0.1, -0.05) is 91.0 Å². The minimum Gasteiger partial charge on any atom is -0.309 e. The molecule has 0 atom stereocenters. The van der Waals surface area contributed by atoms with E-state index in [1.165, 1.54) is 0 Å². The number of fused-ring (bicyclic) bond motifs is 6. The Morgan fingerprint density at radius 3 is 1.62 bits per heavy atom. The molecule has 2 heterocycles. The molecule has 0 N–H and O–H groups in total. The first-order chi connectivity index (χ1) is 24.7. The number of hydrogen-bond donors (Lipinski definition) is 0. The topological polar surface area (TPSA) is 81.2 Å². The van der Waals surface area contributed by atoms with Gasteiger partial charge in [-0.15, -0.1) is 0 Å². The van der Waals surface area contributed by atoms with Gasteiger partial charge < -0.3 is 9.13 Å². The number of nitrogens with zero attached hydrogens (tertiary/aromatic N) is 5. The molecule has 0 spiro atoms. The van der Waals surface area contributed by atoms with Crippen molar-refractivity contribution in [1.29, 1.82) is 15.8 Å². The summed E-state index contributed by atoms with van der Waals surface area (Å²) in [4.78, 5) is 0. The van der Waals surface area contributed by atoms with Crippen LogP contribution < -0.4 is 0 Å². The van der Waals surface area contributed by atoms with Crippen molar-refractivity contribution in [3.63, 3.8) is 0 Å². The summed E-state index contributed by atoms with van der Waals surface area (Å²) in [5, 5.41) is 35.0. The Morgan fingerprint density at radius 1 is 0.400 bits per heavy atom. The van der Waals surface area contributed by atoms with Crippen molar-refractivity contribution in [2.24, 2.45) is 0 Å². The Labute approximate surface area is 287 Å². The first-order valence-electron chi connectivity index (χ1n) is 16.3. The second-order valence-corrected chi connectivity index (χ2v) is 12.3. The van der Waals surface area contributed by atoms with Crippen LogP contribution in [0.2, 0.25) is 0 Å². The predicted octanol–water partition coefficient (Wildman–Crippen LogP) is 10.8. The van der Waals surface area contributed by atoms with Crippen LogP contribution in [0, 0.1) is 34.0 Å². The number of nitriles is 3. The molecular formula is C45H25N5. The van der Waals surface area contributed by atoms with Crippen LogP contribution in [-0.4, -0.2) is 9.13 Å². The van der Waals surface area contributed by atoms with Gasteiger partial charge in [0.05, 0.1) is 56.6 Å². The van der Waals surface area contributed by atoms with E-state index in [4.69, 9.17) is 0 Å². The van der Waals surface area contributed by atoms with Gasteiger partial charge in [-0.3, -0.25) is 0 Å². The minimum absolute atomic E-state index is 0.517. The van der Waals surface area contributed by atoms with E-state index in [0.29, 0.717) is 16.7 Å². The molecule has 0 aliphatic carbocycles. The minimum atomic E-state index is 0.517. The maximum atomic E-state index is 10.6. The third-order valence-corrected chi connectivity index (χ3v) is 9.63. The van der Waals surface area contributed by atoms with Crippen LogP contribution in [0.3, 0.4) is 0 Å². The lowest BCUT2D eigenvalue weighted by Gasteiger charge is -2.19. The maximum Gasteiger partial charge on any atom is 0.101 e. The van der Waals surface area contributed by atoms with E-state index in [0.717, 1.165) is 77.2 Å². The summed E-state index contributed by atoms with van der Waals surface area (Å²) in [6, 6.07) is 57.7. The van der Waals surface area contributed by atoms with E-state index in [1.807, 2.05) is 91.0 Å². The second kappa shape index (κ2) is 11.4. The fraction of sp³-hybridized carbons (Fsp3) is 0. The van der Waals surface area contributed by atoms with Gasteiger partial charge in [0.2, 0.25) is 0 Å². The summed E-state index contributed by atoms with van der Waals surface area (Å²) in [5.74, 6) is 0. The van der Waals surface area contributed by atoms with Crippen molar-refractivity contribution >= 4 is 43.6 Å². The lowest BCUT2D eigenvalue weighted by atomic mass is 9.88. The molecule has 230 valence electrons. The number of rotatable bonds is 4. The van der Waals surface area contributed by atoms with E-state index in [2.05, 4.69) is 88.0 Å². The number of para-hydroxylation sites is 4. The highest BCUT2D eigenvalue weighted by Crippen LogP contribution is 2.43. The van der Waals surface area contributed by atoms with Gasteiger partial charge >= 0.3 is 0 Å². The monoisotopic (exact) mass is 635 g/mol. The van der Waals surface area contributed by atoms with Crippen molar-refractivity contribution < 1.29 is 0 Å². The molecule has 0 aliphatic rings. The van der Waals surface area contributed by atoms with Crippen LogP contribution >= 0.6 is 0 Å². The third-order valence-electron chi connectivity index (χ3n) is 9.63. The zero-order valence-electron chi connectivity index (χ0n) is 26.7. The fourth-order valence-corrected chi connectivity index (χ4v) is 7.55. The van der Waals surface area contributed by atoms with Crippen LogP contribution in [0.4, 0.5) is 0 Å². The molecule has 9 aromatic rings. The number of aromatic nitrogens is 2. The van der Waals surface area contributed by atoms with Gasteiger partial charge in [-0.25, -0.2) is 0 Å². The Hall–Kier alpha value is -7.39. The van der Waals surface area contributed by atoms with Crippen LogP contribution in [0.5, 0.6) is 0 Å². The second-order valence-electron chi connectivity index (χ2n) is 12.3. The van der Waals surface area contributed by atoms with Crippen LogP contribution in [0.25, 0.3) is 77.2 Å². The van der Waals surface area contributed by atoms with Crippen molar-refractivity contribution in [3.8, 4) is 51.8 Å². The van der Waals surface area contributed by atoms with Gasteiger partial charge in [0.1, 0.15) is 6.07 Å². The molecule has 0 amide bonds. The Bertz CT molecular complexity index is 2920. The molecule has 0 fully saturated rings. The molecule has 5 heteroatoms. The Balaban J connectivity index is 1.33. The summed E-state index contributed by atoms with van der Waals surface area (Å²) in [5.41, 5.74) is 10.8. The Kier molecular flexibility index (Phi) is 6.56. The normalized spacial score (nSPS) is 11.1. The van der Waals surface area contributed by atoms with Crippen molar-refractivity contribution in [1.82, 2.24) is 9.13 Å². The molecule has 2 aromatic heterocycles. The van der Waals surface area contributed by atoms with Gasteiger partial charge in [0.15, 0.2) is 0 Å². The summed E-state index contributed by atoms with van der Waals surface area (Å²) in [6.07, 6.45) is 0. The van der Waals surface area contributed by atoms with Crippen molar-refractivity contribution in [3.05, 3.63) is 168 Å². The van der Waals surface area contributed by atoms with E-state index in [9.17, 15) is 15.8 Å². The molecule has 5 nitrogen and oxygen atoms in total. The molecule has 0 radical (unpaired) electrons. The fourth-order valence-electron chi connectivity index (χ4n) is 7.55. The summed E-state index contributed by atoms with van der Waals surface area (Å²) in [7, 11) is 0. The summed E-state index contributed by atoms with van der Waals surface area (Å²) >= 11 is 0. The first-order valence-corrected chi connectivity index (χ1v) is 16.3. The zero-order valence-corrected chi connectivity index (χ0v) is 26.7. The average Bonchev–Trinajstić information content (AvgIpc) is 3.69. The van der Waals surface area contributed by atoms with Gasteiger partial charge in [0, 0.05) is 38.4 Å². The molecular weight excluding hydrogens is 611 g/mol. The highest BCUT2D eigenvalue weighted by molar-refractivity contribution is 6.11. The summed E-state index contributed by atoms with van der Waals surface area (Å²) < 4.78 is 4.39. The largest absolute Gasteiger partial charge is 0.309 e. The predicted molar refractivity (Wildman–Crippen MR) is 200 cm³/mol. The molecule has 50 heavy (non-hydrogen) atoms. The van der Waals surface area contributed by atoms with E-state index >= 15 is 0 Å². The number of benzene rings is 7. The molecule has 7 aromatic carbocycles. The highest BCUT2D eigenvalue weighted by atomic mass is 15.0. The van der Waals surface area contributed by atoms with Gasteiger partial charge in [-0.2, -0.15) is 15.8 Å². The van der Waals surface area contributed by atoms with Gasteiger partial charge in [-0.05, 0) is 71.8 Å². The standard InChI is InChI=1S/C45H25N5/c46-26-29-22-23-43-39(24-29)37-16-3-4-19-40(37)49(43)33-13-7-10-30(25-33)34-17-8-11-31(27-47)44(34)38-18-9-12-32(28-48)45(38)50-41-20-5-1-14-35(41)36-15-2-6-21-42(36)50/h1-25H. The maximum absolute atomic E-state index is 10.6. The van der Waals surface area contributed by atoms with Crippen LogP contribution in [-0.2, 0) is 0 Å². The lowest BCUT2D eigenvalue weighted by molar-refractivity contribution is 1.17. The SMILES string of the molecule is N#Cc1ccc2c(c1)c1ccccc1n2-c1cccc(-c2cccc(C#N)c2-c2cccc(C#N)c2-n2c3ccccc3c3ccccc32)c1. The van der Waals surface area contributed by atoms with E-state index in [-0.39, 0.29) is 0 Å². The van der Waals surface area contributed by atoms with Crippen molar-refractivity contribution in [2.75, 3.05) is 0 Å². The average molecular weight is 636 g/mol. The van der Waals surface area contributed by atoms with Crippen molar-refractivity contribution in [2.45, 2.75) is 0 Å². The lowest BCUT2D eigenvalue weighted by Crippen LogP contribution is -2.03. The molecule has 0 bridgehead atoms. The Morgan fingerprint density at radius 2 is 0.960 bits per heavy atom. The van der Waals surface area contributed by atoms with E-state index < -0.39 is 0 Å². The first kappa shape index (κ1) is 28.8. The molecule has 0 unspecified atom stereocenters. The van der Waals surface area contributed by atoms with Crippen LogP contribution in [0.1, 0.15) is 16.7 Å².